The van der Waals surface area contributed by atoms with Crippen molar-refractivity contribution in [3.8, 4) is 0 Å². The summed E-state index contributed by atoms with van der Waals surface area (Å²) in [5, 5.41) is 9.22. The highest BCUT2D eigenvalue weighted by Crippen LogP contribution is 2.12. The molecule has 1 heterocycles. The van der Waals surface area contributed by atoms with Crippen molar-refractivity contribution in [1.82, 2.24) is 4.90 Å². The lowest BCUT2D eigenvalue weighted by Gasteiger charge is -2.11. The van der Waals surface area contributed by atoms with Crippen molar-refractivity contribution < 1.29 is 9.68 Å². The maximum atomic E-state index is 9.22. The van der Waals surface area contributed by atoms with Crippen molar-refractivity contribution in [2.24, 2.45) is 0 Å². The Bertz CT molecular complexity index is 440. The highest BCUT2D eigenvalue weighted by atomic mass is 16.3. The van der Waals surface area contributed by atoms with Crippen LogP contribution in [-0.4, -0.2) is 53.2 Å². The van der Waals surface area contributed by atoms with Gasteiger partial charge < -0.3 is 12.5 Å². The Labute approximate surface area is 176 Å². The molecule has 0 amide bonds. The Morgan fingerprint density at radius 3 is 2.18 bits per heavy atom. The van der Waals surface area contributed by atoms with Crippen molar-refractivity contribution in [2.75, 3.05) is 32.8 Å². The van der Waals surface area contributed by atoms with E-state index >= 15 is 0 Å². The molecule has 3 nitrogen and oxygen atoms in total. The Hall–Kier alpha value is -1.09. The molecule has 0 aromatic rings. The summed E-state index contributed by atoms with van der Waals surface area (Å²) in [5.74, 6) is 1.47. The Balaban J connectivity index is 0.00000729. The first kappa shape index (κ1) is 26.9. The van der Waals surface area contributed by atoms with Gasteiger partial charge in [0.1, 0.15) is 19.6 Å². The molecule has 1 N–H and O–H groups in total. The van der Waals surface area contributed by atoms with E-state index in [0.717, 1.165) is 32.6 Å². The standard InChI is InChI=1S/C24H45N2O.CH3/c1-3-5-6-7-8-9-10-11-12-13-14-15-16-17-18-19-24-25(4-2)20-21-26(24)22-23-27;/h8-9,11-12,27H,3-7,10,13-23H2,1-2H3;1H3/q+1;-1/b9-8-,12-11+;. The van der Waals surface area contributed by atoms with Crippen LogP contribution in [0.2, 0.25) is 0 Å². The monoisotopic (exact) mass is 392 g/mol. The maximum Gasteiger partial charge on any atom is 0.247 e. The molecule has 0 radical (unpaired) electrons. The van der Waals surface area contributed by atoms with Crippen LogP contribution in [0, 0.1) is 7.43 Å². The van der Waals surface area contributed by atoms with Crippen LogP contribution in [0.3, 0.4) is 0 Å². The lowest BCUT2D eigenvalue weighted by atomic mass is 10.1. The van der Waals surface area contributed by atoms with Gasteiger partial charge in [-0.25, -0.2) is 0 Å². The fourth-order valence-corrected chi connectivity index (χ4v) is 3.81. The molecule has 0 atom stereocenters. The van der Waals surface area contributed by atoms with Crippen LogP contribution in [0.5, 0.6) is 0 Å². The van der Waals surface area contributed by atoms with Crippen LogP contribution in [0.4, 0.5) is 0 Å². The molecule has 0 bridgehead atoms. The zero-order chi connectivity index (χ0) is 19.6. The molecule has 28 heavy (non-hydrogen) atoms. The van der Waals surface area contributed by atoms with E-state index in [2.05, 4.69) is 47.6 Å². The molecule has 0 aromatic carbocycles. The summed E-state index contributed by atoms with van der Waals surface area (Å²) in [5.41, 5.74) is 0. The summed E-state index contributed by atoms with van der Waals surface area (Å²) >= 11 is 0. The number of unbranched alkanes of at least 4 members (excludes halogenated alkanes) is 8. The summed E-state index contributed by atoms with van der Waals surface area (Å²) in [6.45, 7) is 8.87. The first-order chi connectivity index (χ1) is 13.3. The van der Waals surface area contributed by atoms with E-state index in [1.165, 1.54) is 76.5 Å². The van der Waals surface area contributed by atoms with E-state index in [9.17, 15) is 5.11 Å². The lowest BCUT2D eigenvalue weighted by Crippen LogP contribution is -2.30. The number of aliphatic hydroxyl groups excluding tert-OH is 1. The molecule has 0 unspecified atom stereocenters. The van der Waals surface area contributed by atoms with Crippen molar-refractivity contribution in [2.45, 2.75) is 90.9 Å². The molecule has 0 fully saturated rings. The van der Waals surface area contributed by atoms with Crippen molar-refractivity contribution in [3.63, 3.8) is 0 Å². The molecular formula is C25H48N2O. The molecule has 0 saturated carbocycles. The number of nitrogens with zero attached hydrogens (tertiary/aromatic N) is 2. The van der Waals surface area contributed by atoms with Gasteiger partial charge in [0.25, 0.3) is 0 Å². The average molecular weight is 393 g/mol. The summed E-state index contributed by atoms with van der Waals surface area (Å²) in [7, 11) is 0. The third kappa shape index (κ3) is 12.4. The number of rotatable bonds is 17. The minimum atomic E-state index is 0. The highest BCUT2D eigenvalue weighted by Gasteiger charge is 2.27. The highest BCUT2D eigenvalue weighted by molar-refractivity contribution is 5.78. The fraction of sp³-hybridized carbons (Fsp3) is 0.760. The second kappa shape index (κ2) is 19.2. The molecule has 1 rings (SSSR count). The average Bonchev–Trinajstić information content (AvgIpc) is 3.07. The van der Waals surface area contributed by atoms with Gasteiger partial charge in [-0.3, -0.25) is 9.48 Å². The van der Waals surface area contributed by atoms with Gasteiger partial charge >= 0.3 is 0 Å². The van der Waals surface area contributed by atoms with Crippen LogP contribution in [0.25, 0.3) is 0 Å². The first-order valence-electron chi connectivity index (χ1n) is 11.6. The van der Waals surface area contributed by atoms with E-state index in [4.69, 9.17) is 0 Å². The number of likely N-dealkylation sites (N-methyl/N-ethyl adjacent to an activating group) is 1. The lowest BCUT2D eigenvalue weighted by molar-refractivity contribution is -0.521. The van der Waals surface area contributed by atoms with Gasteiger partial charge in [0.05, 0.1) is 13.2 Å². The summed E-state index contributed by atoms with van der Waals surface area (Å²) < 4.78 is 2.38. The number of hydrogen-bond acceptors (Lipinski definition) is 2. The van der Waals surface area contributed by atoms with Crippen molar-refractivity contribution in [3.05, 3.63) is 31.7 Å². The van der Waals surface area contributed by atoms with Gasteiger partial charge in [0.2, 0.25) is 5.84 Å². The van der Waals surface area contributed by atoms with Crippen LogP contribution in [-0.2, 0) is 0 Å². The Kier molecular flexibility index (Phi) is 18.5. The minimum Gasteiger partial charge on any atom is -0.392 e. The summed E-state index contributed by atoms with van der Waals surface area (Å²) in [6.07, 6.45) is 24.7. The van der Waals surface area contributed by atoms with E-state index in [1.54, 1.807) is 0 Å². The topological polar surface area (TPSA) is 26.5 Å². The number of β-amino-alcohol motifs (C(OH)–C–C–N with tert-alkyl or cyclic N) is 1. The Morgan fingerprint density at radius 1 is 0.893 bits per heavy atom. The van der Waals surface area contributed by atoms with Crippen LogP contribution in [0.15, 0.2) is 24.3 Å². The second-order valence-electron chi connectivity index (χ2n) is 7.69. The molecule has 164 valence electrons. The predicted octanol–water partition coefficient (Wildman–Crippen LogP) is 5.99. The normalized spacial score (nSPS) is 14.6. The molecule has 1 aliphatic rings. The molecule has 1 aliphatic heterocycles. The summed E-state index contributed by atoms with van der Waals surface area (Å²) in [4.78, 5) is 2.48. The number of amidine groups is 1. The maximum absolute atomic E-state index is 9.22. The molecule has 0 saturated heterocycles. The van der Waals surface area contributed by atoms with E-state index < -0.39 is 0 Å². The molecule has 0 aromatic heterocycles. The third-order valence-electron chi connectivity index (χ3n) is 5.47. The second-order valence-corrected chi connectivity index (χ2v) is 7.69. The van der Waals surface area contributed by atoms with Crippen molar-refractivity contribution >= 4 is 5.84 Å². The van der Waals surface area contributed by atoms with E-state index in [-0.39, 0.29) is 14.0 Å². The van der Waals surface area contributed by atoms with E-state index in [0.29, 0.717) is 0 Å². The van der Waals surface area contributed by atoms with Crippen molar-refractivity contribution in [1.29, 1.82) is 0 Å². The smallest absolute Gasteiger partial charge is 0.247 e. The van der Waals surface area contributed by atoms with Gasteiger partial charge in [0.15, 0.2) is 0 Å². The molecule has 0 aliphatic carbocycles. The van der Waals surface area contributed by atoms with Gasteiger partial charge in [-0.1, -0.05) is 63.3 Å². The molecule has 3 heteroatoms. The Morgan fingerprint density at radius 2 is 1.54 bits per heavy atom. The fourth-order valence-electron chi connectivity index (χ4n) is 3.81. The first-order valence-corrected chi connectivity index (χ1v) is 11.6. The zero-order valence-corrected chi connectivity index (χ0v) is 19.2. The summed E-state index contributed by atoms with van der Waals surface area (Å²) in [6, 6.07) is 0. The van der Waals surface area contributed by atoms with Gasteiger partial charge in [-0.2, -0.15) is 0 Å². The number of hydrogen-bond donors (Lipinski definition) is 1. The largest absolute Gasteiger partial charge is 0.392 e. The molecule has 0 spiro atoms. The predicted molar refractivity (Wildman–Crippen MR) is 125 cm³/mol. The molecular weight excluding hydrogens is 344 g/mol. The number of aliphatic hydroxyl groups is 1. The third-order valence-corrected chi connectivity index (χ3v) is 5.47. The van der Waals surface area contributed by atoms with Crippen LogP contribution in [0.1, 0.15) is 90.9 Å². The van der Waals surface area contributed by atoms with Gasteiger partial charge in [-0.05, 0) is 45.4 Å². The van der Waals surface area contributed by atoms with E-state index in [1.807, 2.05) is 0 Å². The minimum absolute atomic E-state index is 0. The van der Waals surface area contributed by atoms with Gasteiger partial charge in [0, 0.05) is 6.42 Å². The van der Waals surface area contributed by atoms with Crippen LogP contribution < -0.4 is 0 Å². The quantitative estimate of drug-likeness (QED) is 0.142. The van der Waals surface area contributed by atoms with Crippen LogP contribution >= 0.6 is 0 Å². The number of allylic oxidation sites excluding steroid dienone is 4. The SMILES string of the molecule is CCCCC/C=C\C/C=C/CCCCCCCC1=[N+](CCO)CCN1CC.[CH3-]. The zero-order valence-electron chi connectivity index (χ0n) is 19.2. The van der Waals surface area contributed by atoms with Gasteiger partial charge in [-0.15, -0.1) is 0 Å².